The molecule has 1 aromatic rings. The summed E-state index contributed by atoms with van der Waals surface area (Å²) in [5.41, 5.74) is 0.839. The molecule has 0 bridgehead atoms. The third-order valence-electron chi connectivity index (χ3n) is 5.10. The lowest BCUT2D eigenvalue weighted by atomic mass is 10.0. The van der Waals surface area contributed by atoms with Crippen molar-refractivity contribution in [1.82, 2.24) is 10.2 Å². The number of benzene rings is 1. The SMILES string of the molecule is COc1ccccc1N1CCC(NC(=O)N2CC(C)OC(C)(C)C2)CC1. The fraction of sp³-hybridized carbons (Fsp3) is 0.650. The number of amides is 2. The molecule has 1 unspecified atom stereocenters. The molecule has 0 radical (unpaired) electrons. The predicted octanol–water partition coefficient (Wildman–Crippen LogP) is 2.87. The van der Waals surface area contributed by atoms with Crippen LogP contribution in [-0.4, -0.2) is 62.0 Å². The van der Waals surface area contributed by atoms with Gasteiger partial charge in [-0.1, -0.05) is 12.1 Å². The molecule has 0 spiro atoms. The summed E-state index contributed by atoms with van der Waals surface area (Å²) in [6.07, 6.45) is 1.94. The zero-order chi connectivity index (χ0) is 18.7. The van der Waals surface area contributed by atoms with Crippen molar-refractivity contribution in [3.05, 3.63) is 24.3 Å². The van der Waals surface area contributed by atoms with Gasteiger partial charge in [-0.3, -0.25) is 0 Å². The molecule has 144 valence electrons. The first-order valence-corrected chi connectivity index (χ1v) is 9.49. The highest BCUT2D eigenvalue weighted by atomic mass is 16.5. The lowest BCUT2D eigenvalue weighted by Crippen LogP contribution is -2.58. The van der Waals surface area contributed by atoms with Crippen molar-refractivity contribution < 1.29 is 14.3 Å². The Morgan fingerprint density at radius 3 is 2.62 bits per heavy atom. The Balaban J connectivity index is 1.53. The molecule has 1 atom stereocenters. The normalized spacial score (nSPS) is 23.6. The molecule has 2 saturated heterocycles. The van der Waals surface area contributed by atoms with Crippen LogP contribution in [0.1, 0.15) is 33.6 Å². The minimum absolute atomic E-state index is 0.0315. The number of morpholine rings is 1. The summed E-state index contributed by atoms with van der Waals surface area (Å²) in [5.74, 6) is 0.902. The van der Waals surface area contributed by atoms with Crippen molar-refractivity contribution >= 4 is 11.7 Å². The molecule has 2 aliphatic rings. The van der Waals surface area contributed by atoms with Crippen LogP contribution in [-0.2, 0) is 4.74 Å². The summed E-state index contributed by atoms with van der Waals surface area (Å²) >= 11 is 0. The second-order valence-electron chi connectivity index (χ2n) is 7.95. The smallest absolute Gasteiger partial charge is 0.317 e. The fourth-order valence-corrected chi connectivity index (χ4v) is 4.03. The second kappa shape index (κ2) is 7.74. The predicted molar refractivity (Wildman–Crippen MR) is 103 cm³/mol. The minimum Gasteiger partial charge on any atom is -0.495 e. The molecule has 2 amide bonds. The molecule has 1 N–H and O–H groups in total. The average molecular weight is 361 g/mol. The average Bonchev–Trinajstić information content (AvgIpc) is 2.60. The van der Waals surface area contributed by atoms with E-state index in [4.69, 9.17) is 9.47 Å². The van der Waals surface area contributed by atoms with Crippen molar-refractivity contribution in [2.75, 3.05) is 38.2 Å². The summed E-state index contributed by atoms with van der Waals surface area (Å²) in [7, 11) is 1.70. The lowest BCUT2D eigenvalue weighted by molar-refractivity contribution is -0.117. The van der Waals surface area contributed by atoms with Crippen LogP contribution < -0.4 is 15.0 Å². The van der Waals surface area contributed by atoms with Crippen LogP contribution in [0, 0.1) is 0 Å². The van der Waals surface area contributed by atoms with E-state index < -0.39 is 0 Å². The Labute approximate surface area is 156 Å². The highest BCUT2D eigenvalue weighted by molar-refractivity contribution is 5.75. The summed E-state index contributed by atoms with van der Waals surface area (Å²) in [6.45, 7) is 9.20. The van der Waals surface area contributed by atoms with Gasteiger partial charge in [0.2, 0.25) is 0 Å². The van der Waals surface area contributed by atoms with Crippen molar-refractivity contribution in [2.24, 2.45) is 0 Å². The highest BCUT2D eigenvalue weighted by Crippen LogP contribution is 2.30. The first kappa shape index (κ1) is 18.8. The van der Waals surface area contributed by atoms with E-state index in [1.165, 1.54) is 0 Å². The molecule has 6 heteroatoms. The van der Waals surface area contributed by atoms with Crippen molar-refractivity contribution in [1.29, 1.82) is 0 Å². The van der Waals surface area contributed by atoms with Crippen LogP contribution in [0.15, 0.2) is 24.3 Å². The number of para-hydroxylation sites is 2. The molecular formula is C20H31N3O3. The molecule has 2 heterocycles. The molecule has 3 rings (SSSR count). The number of ether oxygens (including phenoxy) is 2. The maximum atomic E-state index is 12.7. The molecule has 0 aliphatic carbocycles. The zero-order valence-corrected chi connectivity index (χ0v) is 16.3. The van der Waals surface area contributed by atoms with Crippen LogP contribution >= 0.6 is 0 Å². The lowest BCUT2D eigenvalue weighted by Gasteiger charge is -2.42. The Kier molecular flexibility index (Phi) is 5.61. The Morgan fingerprint density at radius 2 is 1.96 bits per heavy atom. The number of hydrogen-bond acceptors (Lipinski definition) is 4. The molecular weight excluding hydrogens is 330 g/mol. The van der Waals surface area contributed by atoms with E-state index in [9.17, 15) is 4.79 Å². The number of carbonyl (C=O) groups excluding carboxylic acids is 1. The van der Waals surface area contributed by atoms with Gasteiger partial charge in [-0.15, -0.1) is 0 Å². The maximum absolute atomic E-state index is 12.7. The van der Waals surface area contributed by atoms with Gasteiger partial charge >= 0.3 is 6.03 Å². The zero-order valence-electron chi connectivity index (χ0n) is 16.3. The monoisotopic (exact) mass is 361 g/mol. The first-order chi connectivity index (χ1) is 12.4. The van der Waals surface area contributed by atoms with Crippen molar-refractivity contribution in [2.45, 2.75) is 51.4 Å². The van der Waals surface area contributed by atoms with E-state index in [0.717, 1.165) is 37.4 Å². The van der Waals surface area contributed by atoms with E-state index in [-0.39, 0.29) is 23.8 Å². The topological polar surface area (TPSA) is 54.0 Å². The number of methoxy groups -OCH3 is 1. The minimum atomic E-state index is -0.289. The maximum Gasteiger partial charge on any atom is 0.317 e. The highest BCUT2D eigenvalue weighted by Gasteiger charge is 2.34. The van der Waals surface area contributed by atoms with E-state index in [2.05, 4.69) is 16.3 Å². The number of urea groups is 1. The quantitative estimate of drug-likeness (QED) is 0.899. The molecule has 6 nitrogen and oxygen atoms in total. The number of nitrogens with zero attached hydrogens (tertiary/aromatic N) is 2. The van der Waals surface area contributed by atoms with Gasteiger partial charge in [0, 0.05) is 25.7 Å². The van der Waals surface area contributed by atoms with Gasteiger partial charge in [-0.05, 0) is 45.7 Å². The standard InChI is InChI=1S/C20H31N3O3/c1-15-13-23(14-20(2,3)26-15)19(24)21-16-9-11-22(12-10-16)17-7-5-6-8-18(17)25-4/h5-8,15-16H,9-14H2,1-4H3,(H,21,24). The van der Waals surface area contributed by atoms with Gasteiger partial charge in [-0.25, -0.2) is 4.79 Å². The van der Waals surface area contributed by atoms with E-state index in [0.29, 0.717) is 13.1 Å². The summed E-state index contributed by atoms with van der Waals surface area (Å²) in [5, 5.41) is 3.22. The number of rotatable bonds is 3. The van der Waals surface area contributed by atoms with Gasteiger partial charge in [-0.2, -0.15) is 0 Å². The van der Waals surface area contributed by atoms with Crippen molar-refractivity contribution in [3.63, 3.8) is 0 Å². The van der Waals surface area contributed by atoms with E-state index >= 15 is 0 Å². The van der Waals surface area contributed by atoms with Gasteiger partial charge in [0.1, 0.15) is 5.75 Å². The number of piperidine rings is 1. The summed E-state index contributed by atoms with van der Waals surface area (Å²) in [6, 6.07) is 8.35. The molecule has 0 saturated carbocycles. The first-order valence-electron chi connectivity index (χ1n) is 9.49. The number of anilines is 1. The third kappa shape index (κ3) is 4.41. The molecule has 2 aliphatic heterocycles. The Morgan fingerprint density at radius 1 is 1.27 bits per heavy atom. The van der Waals surface area contributed by atoms with E-state index in [1.54, 1.807) is 7.11 Å². The Bertz CT molecular complexity index is 626. The fourth-order valence-electron chi connectivity index (χ4n) is 4.03. The summed E-state index contributed by atoms with van der Waals surface area (Å²) < 4.78 is 11.4. The van der Waals surface area contributed by atoms with Gasteiger partial charge in [0.15, 0.2) is 0 Å². The molecule has 2 fully saturated rings. The van der Waals surface area contributed by atoms with Crippen LogP contribution in [0.5, 0.6) is 5.75 Å². The Hall–Kier alpha value is -1.95. The second-order valence-corrected chi connectivity index (χ2v) is 7.95. The molecule has 0 aromatic heterocycles. The van der Waals surface area contributed by atoms with Crippen LogP contribution in [0.3, 0.4) is 0 Å². The summed E-state index contributed by atoms with van der Waals surface area (Å²) in [4.78, 5) is 16.9. The van der Waals surface area contributed by atoms with Crippen LogP contribution in [0.2, 0.25) is 0 Å². The van der Waals surface area contributed by atoms with Gasteiger partial charge < -0.3 is 24.6 Å². The van der Waals surface area contributed by atoms with Gasteiger partial charge in [0.25, 0.3) is 0 Å². The van der Waals surface area contributed by atoms with Crippen molar-refractivity contribution in [3.8, 4) is 5.75 Å². The number of carbonyl (C=O) groups is 1. The number of hydrogen-bond donors (Lipinski definition) is 1. The van der Waals surface area contributed by atoms with E-state index in [1.807, 2.05) is 43.9 Å². The third-order valence-corrected chi connectivity index (χ3v) is 5.10. The van der Waals surface area contributed by atoms with Crippen LogP contribution in [0.25, 0.3) is 0 Å². The van der Waals surface area contributed by atoms with Gasteiger partial charge in [0.05, 0.1) is 31.0 Å². The number of nitrogens with one attached hydrogen (secondary N) is 1. The molecule has 1 aromatic carbocycles. The van der Waals surface area contributed by atoms with Crippen LogP contribution in [0.4, 0.5) is 10.5 Å². The molecule has 26 heavy (non-hydrogen) atoms. The largest absolute Gasteiger partial charge is 0.495 e.